The standard InChI is InChI=1S/C17H12F2O2S/c1-22-12-5-2-10(3-6-12)14-9-21-17(20)16(14)13-7-4-11(18)8-15(13)19/h2-8H,9H2,1H3. The van der Waals surface area contributed by atoms with Gasteiger partial charge in [-0.3, -0.25) is 0 Å². The van der Waals surface area contributed by atoms with Crippen LogP contribution in [-0.2, 0) is 9.53 Å². The molecule has 1 aliphatic heterocycles. The molecule has 3 rings (SSSR count). The SMILES string of the molecule is CSc1ccc(C2=C(c3ccc(F)cc3F)C(=O)OC2)cc1. The summed E-state index contributed by atoms with van der Waals surface area (Å²) in [5.74, 6) is -2.04. The summed E-state index contributed by atoms with van der Waals surface area (Å²) in [5.41, 5.74) is 1.63. The highest BCUT2D eigenvalue weighted by molar-refractivity contribution is 7.98. The van der Waals surface area contributed by atoms with Crippen molar-refractivity contribution < 1.29 is 18.3 Å². The van der Waals surface area contributed by atoms with Gasteiger partial charge >= 0.3 is 5.97 Å². The van der Waals surface area contributed by atoms with Gasteiger partial charge in [-0.1, -0.05) is 12.1 Å². The normalized spacial score (nSPS) is 14.4. The van der Waals surface area contributed by atoms with Gasteiger partial charge in [-0.2, -0.15) is 0 Å². The zero-order valence-corrected chi connectivity index (χ0v) is 12.5. The van der Waals surface area contributed by atoms with Crippen LogP contribution in [0.4, 0.5) is 8.78 Å². The lowest BCUT2D eigenvalue weighted by Gasteiger charge is -2.06. The Hall–Kier alpha value is -2.14. The highest BCUT2D eigenvalue weighted by atomic mass is 32.2. The van der Waals surface area contributed by atoms with E-state index in [1.54, 1.807) is 11.8 Å². The van der Waals surface area contributed by atoms with E-state index in [1.165, 1.54) is 6.07 Å². The van der Waals surface area contributed by atoms with Gasteiger partial charge < -0.3 is 4.74 Å². The number of benzene rings is 2. The molecule has 0 radical (unpaired) electrons. The van der Waals surface area contributed by atoms with Crippen LogP contribution >= 0.6 is 11.8 Å². The summed E-state index contributed by atoms with van der Waals surface area (Å²) in [7, 11) is 0. The van der Waals surface area contributed by atoms with Gasteiger partial charge in [-0.05, 0) is 36.1 Å². The maximum absolute atomic E-state index is 14.0. The number of esters is 1. The van der Waals surface area contributed by atoms with E-state index in [0.29, 0.717) is 5.57 Å². The molecule has 2 aromatic carbocycles. The Morgan fingerprint density at radius 2 is 1.82 bits per heavy atom. The molecule has 112 valence electrons. The largest absolute Gasteiger partial charge is 0.457 e. The second-order valence-electron chi connectivity index (χ2n) is 4.78. The average molecular weight is 318 g/mol. The molecule has 0 bridgehead atoms. The first kappa shape index (κ1) is 14.8. The number of hydrogen-bond acceptors (Lipinski definition) is 3. The topological polar surface area (TPSA) is 26.3 Å². The molecule has 1 heterocycles. The first-order valence-electron chi connectivity index (χ1n) is 6.60. The summed E-state index contributed by atoms with van der Waals surface area (Å²) >= 11 is 1.61. The maximum atomic E-state index is 14.0. The molecule has 0 saturated carbocycles. The second kappa shape index (κ2) is 5.93. The number of thioether (sulfide) groups is 1. The van der Waals surface area contributed by atoms with Gasteiger partial charge in [0.1, 0.15) is 18.2 Å². The van der Waals surface area contributed by atoms with Crippen LogP contribution in [0.3, 0.4) is 0 Å². The van der Waals surface area contributed by atoms with Crippen molar-refractivity contribution in [3.63, 3.8) is 0 Å². The minimum Gasteiger partial charge on any atom is -0.457 e. The maximum Gasteiger partial charge on any atom is 0.339 e. The van der Waals surface area contributed by atoms with Gasteiger partial charge in [-0.25, -0.2) is 13.6 Å². The number of hydrogen-bond donors (Lipinski definition) is 0. The Morgan fingerprint density at radius 1 is 1.09 bits per heavy atom. The van der Waals surface area contributed by atoms with E-state index in [4.69, 9.17) is 4.74 Å². The van der Waals surface area contributed by atoms with Crippen LogP contribution < -0.4 is 0 Å². The van der Waals surface area contributed by atoms with Crippen LogP contribution in [0.5, 0.6) is 0 Å². The first-order chi connectivity index (χ1) is 10.6. The van der Waals surface area contributed by atoms with E-state index < -0.39 is 17.6 Å². The molecule has 0 fully saturated rings. The lowest BCUT2D eigenvalue weighted by Crippen LogP contribution is -2.01. The molecule has 0 spiro atoms. The molecule has 22 heavy (non-hydrogen) atoms. The Labute approximate surface area is 130 Å². The highest BCUT2D eigenvalue weighted by Crippen LogP contribution is 2.34. The van der Waals surface area contributed by atoms with Crippen molar-refractivity contribution >= 4 is 28.9 Å². The summed E-state index contributed by atoms with van der Waals surface area (Å²) in [6.07, 6.45) is 1.97. The Kier molecular flexibility index (Phi) is 3.98. The third-order valence-corrected chi connectivity index (χ3v) is 4.24. The molecule has 0 unspecified atom stereocenters. The van der Waals surface area contributed by atoms with Gasteiger partial charge in [0.05, 0.1) is 5.57 Å². The second-order valence-corrected chi connectivity index (χ2v) is 5.66. The van der Waals surface area contributed by atoms with E-state index in [0.717, 1.165) is 22.6 Å². The molecule has 2 aromatic rings. The monoisotopic (exact) mass is 318 g/mol. The Morgan fingerprint density at radius 3 is 2.45 bits per heavy atom. The number of rotatable bonds is 3. The minimum absolute atomic E-state index is 0.0628. The Balaban J connectivity index is 2.13. The van der Waals surface area contributed by atoms with E-state index in [2.05, 4.69) is 0 Å². The van der Waals surface area contributed by atoms with Gasteiger partial charge in [0.2, 0.25) is 0 Å². The van der Waals surface area contributed by atoms with E-state index in [9.17, 15) is 13.6 Å². The molecule has 0 aliphatic carbocycles. The number of ether oxygens (including phenoxy) is 1. The molecular formula is C17H12F2O2S. The van der Waals surface area contributed by atoms with Crippen LogP contribution in [0.2, 0.25) is 0 Å². The summed E-state index contributed by atoms with van der Waals surface area (Å²) in [4.78, 5) is 13.1. The molecule has 0 N–H and O–H groups in total. The van der Waals surface area contributed by atoms with Gasteiger partial charge in [0, 0.05) is 22.1 Å². The van der Waals surface area contributed by atoms with Crippen molar-refractivity contribution in [2.75, 3.05) is 12.9 Å². The van der Waals surface area contributed by atoms with Gasteiger partial charge in [0.15, 0.2) is 0 Å². The molecule has 1 aliphatic rings. The van der Waals surface area contributed by atoms with Gasteiger partial charge in [0.25, 0.3) is 0 Å². The predicted octanol–water partition coefficient (Wildman–Crippen LogP) is 4.15. The summed E-state index contributed by atoms with van der Waals surface area (Å²) in [5, 5.41) is 0. The number of carbonyl (C=O) groups excluding carboxylic acids is 1. The van der Waals surface area contributed by atoms with Crippen LogP contribution in [-0.4, -0.2) is 18.8 Å². The third kappa shape index (κ3) is 2.64. The van der Waals surface area contributed by atoms with Crippen molar-refractivity contribution in [3.05, 3.63) is 65.2 Å². The zero-order chi connectivity index (χ0) is 15.7. The van der Waals surface area contributed by atoms with Crippen LogP contribution in [0.1, 0.15) is 11.1 Å². The Bertz CT molecular complexity index is 767. The fraction of sp³-hybridized carbons (Fsp3) is 0.118. The average Bonchev–Trinajstić information content (AvgIpc) is 2.89. The van der Waals surface area contributed by atoms with E-state index >= 15 is 0 Å². The van der Waals surface area contributed by atoms with Crippen molar-refractivity contribution in [2.45, 2.75) is 4.90 Å². The summed E-state index contributed by atoms with van der Waals surface area (Å²) in [6.45, 7) is 0.0869. The summed E-state index contributed by atoms with van der Waals surface area (Å²) < 4.78 is 32.1. The first-order valence-corrected chi connectivity index (χ1v) is 7.82. The predicted molar refractivity (Wildman–Crippen MR) is 82.4 cm³/mol. The highest BCUT2D eigenvalue weighted by Gasteiger charge is 2.29. The fourth-order valence-electron chi connectivity index (χ4n) is 2.39. The van der Waals surface area contributed by atoms with Gasteiger partial charge in [-0.15, -0.1) is 11.8 Å². The lowest BCUT2D eigenvalue weighted by molar-refractivity contribution is -0.133. The molecule has 5 heteroatoms. The smallest absolute Gasteiger partial charge is 0.339 e. The van der Waals surface area contributed by atoms with E-state index in [-0.39, 0.29) is 17.7 Å². The van der Waals surface area contributed by atoms with Crippen molar-refractivity contribution in [3.8, 4) is 0 Å². The van der Waals surface area contributed by atoms with Crippen molar-refractivity contribution in [1.82, 2.24) is 0 Å². The van der Waals surface area contributed by atoms with E-state index in [1.807, 2.05) is 30.5 Å². The molecule has 2 nitrogen and oxygen atoms in total. The fourth-order valence-corrected chi connectivity index (χ4v) is 2.80. The van der Waals surface area contributed by atoms with Crippen molar-refractivity contribution in [2.24, 2.45) is 0 Å². The molecule has 0 saturated heterocycles. The molecule has 0 amide bonds. The van der Waals surface area contributed by atoms with Crippen molar-refractivity contribution in [1.29, 1.82) is 0 Å². The molecule has 0 atom stereocenters. The lowest BCUT2D eigenvalue weighted by atomic mass is 9.96. The van der Waals surface area contributed by atoms with Crippen LogP contribution in [0.25, 0.3) is 11.1 Å². The number of halogens is 2. The number of carbonyl (C=O) groups is 1. The van der Waals surface area contributed by atoms with Crippen LogP contribution in [0.15, 0.2) is 47.4 Å². The summed E-state index contributed by atoms with van der Waals surface area (Å²) in [6, 6.07) is 10.7. The third-order valence-electron chi connectivity index (χ3n) is 3.49. The zero-order valence-electron chi connectivity index (χ0n) is 11.7. The molecule has 0 aromatic heterocycles. The minimum atomic E-state index is -0.771. The van der Waals surface area contributed by atoms with Crippen LogP contribution in [0, 0.1) is 11.6 Å². The number of cyclic esters (lactones) is 1. The quantitative estimate of drug-likeness (QED) is 0.628. The molecular weight excluding hydrogens is 306 g/mol.